The highest BCUT2D eigenvalue weighted by atomic mass is 35.5. The summed E-state index contributed by atoms with van der Waals surface area (Å²) in [5.41, 5.74) is 0.887. The van der Waals surface area contributed by atoms with Gasteiger partial charge >= 0.3 is 0 Å². The van der Waals surface area contributed by atoms with Crippen LogP contribution in [0.4, 0.5) is 0 Å². The van der Waals surface area contributed by atoms with Gasteiger partial charge in [-0.25, -0.2) is 0 Å². The van der Waals surface area contributed by atoms with Crippen molar-refractivity contribution in [3.8, 4) is 0 Å². The highest BCUT2D eigenvalue weighted by Crippen LogP contribution is 2.35. The van der Waals surface area contributed by atoms with Crippen molar-refractivity contribution in [2.24, 2.45) is 5.92 Å². The lowest BCUT2D eigenvalue weighted by molar-refractivity contribution is 0.0989. The molecule has 1 rings (SSSR count). The summed E-state index contributed by atoms with van der Waals surface area (Å²) in [6, 6.07) is 3.60. The van der Waals surface area contributed by atoms with Gasteiger partial charge < -0.3 is 10.4 Å². The van der Waals surface area contributed by atoms with Crippen LogP contribution in [0.1, 0.15) is 45.2 Å². The van der Waals surface area contributed by atoms with E-state index in [0.717, 1.165) is 18.4 Å². The van der Waals surface area contributed by atoms with E-state index in [4.69, 9.17) is 34.8 Å². The molecule has 0 heterocycles. The van der Waals surface area contributed by atoms with Crippen LogP contribution >= 0.6 is 34.8 Å². The van der Waals surface area contributed by atoms with E-state index >= 15 is 0 Å². The maximum Gasteiger partial charge on any atom is 0.0781 e. The lowest BCUT2D eigenvalue weighted by atomic mass is 9.96. The van der Waals surface area contributed by atoms with Crippen LogP contribution in [0, 0.1) is 5.92 Å². The maximum absolute atomic E-state index is 10.1. The minimum Gasteiger partial charge on any atom is -0.392 e. The van der Waals surface area contributed by atoms with Crippen molar-refractivity contribution in [1.29, 1.82) is 0 Å². The molecule has 0 spiro atoms. The minimum atomic E-state index is -0.353. The van der Waals surface area contributed by atoms with Gasteiger partial charge in [-0.3, -0.25) is 0 Å². The summed E-state index contributed by atoms with van der Waals surface area (Å²) in [7, 11) is 0. The molecule has 2 N–H and O–H groups in total. The quantitative estimate of drug-likeness (QED) is 0.678. The Balaban J connectivity index is 2.68. The fraction of sp³-hybridized carbons (Fsp3) is 0.600. The van der Waals surface area contributed by atoms with Gasteiger partial charge in [0.05, 0.1) is 21.2 Å². The van der Waals surface area contributed by atoms with Crippen molar-refractivity contribution < 1.29 is 5.11 Å². The van der Waals surface area contributed by atoms with E-state index in [-0.39, 0.29) is 12.1 Å². The van der Waals surface area contributed by atoms with E-state index < -0.39 is 0 Å². The van der Waals surface area contributed by atoms with Crippen molar-refractivity contribution in [3.63, 3.8) is 0 Å². The largest absolute Gasteiger partial charge is 0.392 e. The second-order valence-corrected chi connectivity index (χ2v) is 6.20. The third-order valence-corrected chi connectivity index (χ3v) is 5.07. The van der Waals surface area contributed by atoms with Crippen LogP contribution in [0.25, 0.3) is 0 Å². The Morgan fingerprint density at radius 1 is 1.10 bits per heavy atom. The molecule has 20 heavy (non-hydrogen) atoms. The van der Waals surface area contributed by atoms with E-state index in [1.54, 1.807) is 6.07 Å². The standard InChI is InChI=1S/C15H22Cl3NO/c1-4-10(5-2)13(20)8-19-9(3)11-6-7-12(16)15(18)14(11)17/h6-7,9-10,13,19-20H,4-5,8H2,1-3H3. The molecule has 1 aromatic rings. The first-order valence-corrected chi connectivity index (χ1v) is 8.10. The minimum absolute atomic E-state index is 0.00118. The van der Waals surface area contributed by atoms with E-state index in [2.05, 4.69) is 19.2 Å². The molecule has 0 radical (unpaired) electrons. The van der Waals surface area contributed by atoms with Gasteiger partial charge in [0.25, 0.3) is 0 Å². The summed E-state index contributed by atoms with van der Waals surface area (Å²) < 4.78 is 0. The van der Waals surface area contributed by atoms with Gasteiger partial charge in [0.1, 0.15) is 0 Å². The van der Waals surface area contributed by atoms with Crippen molar-refractivity contribution in [2.75, 3.05) is 6.54 Å². The van der Waals surface area contributed by atoms with Crippen molar-refractivity contribution >= 4 is 34.8 Å². The third-order valence-electron chi connectivity index (χ3n) is 3.76. The Kier molecular flexibility index (Phi) is 7.63. The van der Waals surface area contributed by atoms with Gasteiger partial charge in [-0.05, 0) is 24.5 Å². The molecule has 2 atom stereocenters. The molecule has 2 nitrogen and oxygen atoms in total. The molecule has 0 bridgehead atoms. The molecule has 5 heteroatoms. The number of aliphatic hydroxyl groups is 1. The fourth-order valence-corrected chi connectivity index (χ4v) is 2.99. The van der Waals surface area contributed by atoms with E-state index in [1.807, 2.05) is 13.0 Å². The molecule has 0 saturated carbocycles. The van der Waals surface area contributed by atoms with E-state index in [1.165, 1.54) is 0 Å². The van der Waals surface area contributed by atoms with Gasteiger partial charge in [0.15, 0.2) is 0 Å². The number of nitrogens with one attached hydrogen (secondary N) is 1. The molecule has 2 unspecified atom stereocenters. The lowest BCUT2D eigenvalue weighted by Crippen LogP contribution is -2.34. The third kappa shape index (κ3) is 4.51. The average Bonchev–Trinajstić information content (AvgIpc) is 2.43. The van der Waals surface area contributed by atoms with E-state index in [0.29, 0.717) is 27.5 Å². The Morgan fingerprint density at radius 3 is 2.25 bits per heavy atom. The lowest BCUT2D eigenvalue weighted by Gasteiger charge is -2.23. The summed E-state index contributed by atoms with van der Waals surface area (Å²) in [6.45, 7) is 6.71. The first kappa shape index (κ1) is 18.1. The zero-order valence-corrected chi connectivity index (χ0v) is 14.4. The van der Waals surface area contributed by atoms with Crippen molar-refractivity contribution in [2.45, 2.75) is 45.8 Å². The van der Waals surface area contributed by atoms with Crippen LogP contribution in [-0.4, -0.2) is 17.8 Å². The fourth-order valence-electron chi connectivity index (χ4n) is 2.28. The molecular formula is C15H22Cl3NO. The van der Waals surface area contributed by atoms with Crippen LogP contribution in [0.5, 0.6) is 0 Å². The number of hydrogen-bond donors (Lipinski definition) is 2. The Morgan fingerprint density at radius 2 is 1.70 bits per heavy atom. The highest BCUT2D eigenvalue weighted by Gasteiger charge is 2.18. The van der Waals surface area contributed by atoms with E-state index in [9.17, 15) is 5.11 Å². The van der Waals surface area contributed by atoms with Gasteiger partial charge in [-0.15, -0.1) is 0 Å². The summed E-state index contributed by atoms with van der Waals surface area (Å²) >= 11 is 18.2. The molecule has 0 aromatic heterocycles. The smallest absolute Gasteiger partial charge is 0.0781 e. The molecule has 0 aliphatic carbocycles. The molecule has 0 amide bonds. The number of hydrogen-bond acceptors (Lipinski definition) is 2. The van der Waals surface area contributed by atoms with Gasteiger partial charge in [-0.2, -0.15) is 0 Å². The van der Waals surface area contributed by atoms with Crippen LogP contribution in [0.2, 0.25) is 15.1 Å². The Labute approximate surface area is 136 Å². The molecule has 0 fully saturated rings. The number of benzene rings is 1. The Bertz CT molecular complexity index is 435. The predicted octanol–water partition coefficient (Wildman–Crippen LogP) is 5.09. The molecule has 1 aromatic carbocycles. The van der Waals surface area contributed by atoms with Crippen LogP contribution in [-0.2, 0) is 0 Å². The first-order valence-electron chi connectivity index (χ1n) is 6.97. The van der Waals surface area contributed by atoms with Crippen molar-refractivity contribution in [3.05, 3.63) is 32.8 Å². The second-order valence-electron chi connectivity index (χ2n) is 5.04. The van der Waals surface area contributed by atoms with Crippen LogP contribution in [0.3, 0.4) is 0 Å². The summed E-state index contributed by atoms with van der Waals surface area (Å²) in [4.78, 5) is 0. The topological polar surface area (TPSA) is 32.3 Å². The van der Waals surface area contributed by atoms with Crippen LogP contribution < -0.4 is 5.32 Å². The molecular weight excluding hydrogens is 317 g/mol. The summed E-state index contributed by atoms with van der Waals surface area (Å²) in [6.07, 6.45) is 1.59. The number of aliphatic hydroxyl groups excluding tert-OH is 1. The second kappa shape index (κ2) is 8.45. The zero-order valence-electron chi connectivity index (χ0n) is 12.1. The number of rotatable bonds is 7. The maximum atomic E-state index is 10.1. The Hall–Kier alpha value is 0.01000. The molecule has 0 aliphatic heterocycles. The monoisotopic (exact) mass is 337 g/mol. The normalized spacial score (nSPS) is 14.6. The molecule has 0 saturated heterocycles. The number of halogens is 3. The predicted molar refractivity (Wildman–Crippen MR) is 88.0 cm³/mol. The van der Waals surface area contributed by atoms with Crippen molar-refractivity contribution in [1.82, 2.24) is 5.32 Å². The SMILES string of the molecule is CCC(CC)C(O)CNC(C)c1ccc(Cl)c(Cl)c1Cl. The van der Waals surface area contributed by atoms with Gasteiger partial charge in [0.2, 0.25) is 0 Å². The molecule has 0 aliphatic rings. The molecule has 114 valence electrons. The zero-order chi connectivity index (χ0) is 15.3. The first-order chi connectivity index (χ1) is 9.42. The van der Waals surface area contributed by atoms with Crippen LogP contribution in [0.15, 0.2) is 12.1 Å². The average molecular weight is 339 g/mol. The van der Waals surface area contributed by atoms with Gasteiger partial charge in [-0.1, -0.05) is 67.6 Å². The highest BCUT2D eigenvalue weighted by molar-refractivity contribution is 6.48. The van der Waals surface area contributed by atoms with Gasteiger partial charge in [0, 0.05) is 12.6 Å². The summed E-state index contributed by atoms with van der Waals surface area (Å²) in [5, 5.41) is 14.7. The summed E-state index contributed by atoms with van der Waals surface area (Å²) in [5.74, 6) is 0.318.